The fourth-order valence-electron chi connectivity index (χ4n) is 1.07. The summed E-state index contributed by atoms with van der Waals surface area (Å²) in [5.74, 6) is 0. The molecular weight excluding hydrogens is 672 g/mol. The number of halogens is 8. The summed E-state index contributed by atoms with van der Waals surface area (Å²) >= 11 is -1.99. The van der Waals surface area contributed by atoms with Crippen LogP contribution in [0, 0.1) is 7.14 Å². The molecule has 0 atom stereocenters. The highest BCUT2D eigenvalue weighted by atomic mass is 127. The van der Waals surface area contributed by atoms with Crippen molar-refractivity contribution >= 4 is 20.2 Å². The van der Waals surface area contributed by atoms with E-state index in [0.29, 0.717) is 19.7 Å². The van der Waals surface area contributed by atoms with Crippen LogP contribution in [0.15, 0.2) is 45.0 Å². The van der Waals surface area contributed by atoms with Crippen molar-refractivity contribution in [3.63, 3.8) is 0 Å². The number of hydrogen-bond acceptors (Lipinski definition) is 6. The summed E-state index contributed by atoms with van der Waals surface area (Å²) in [4.78, 5) is 0. The highest BCUT2D eigenvalue weighted by molar-refractivity contribution is 7.87. The van der Waals surface area contributed by atoms with E-state index in [1.807, 2.05) is 0 Å². The van der Waals surface area contributed by atoms with E-state index in [1.165, 1.54) is 0 Å². The van der Waals surface area contributed by atoms with Crippen molar-refractivity contribution in [2.45, 2.75) is 11.0 Å². The average Bonchev–Trinajstić information content (AvgIpc) is 2.55. The predicted octanol–water partition coefficient (Wildman–Crippen LogP) is -3.12. The maximum absolute atomic E-state index is 12.0. The van der Waals surface area contributed by atoms with Crippen molar-refractivity contribution in [2.75, 3.05) is 0 Å². The fourth-order valence-corrected chi connectivity index (χ4v) is 5.06. The summed E-state index contributed by atoms with van der Waals surface area (Å²) < 4.78 is 126. The topological polar surface area (TPSA) is 86.7 Å². The Kier molecular flexibility index (Phi) is 8.87. The number of alkyl halides is 6. The number of hydrogen-bond donors (Lipinski definition) is 0. The molecule has 1 rings (SSSR count). The van der Waals surface area contributed by atoms with Crippen molar-refractivity contribution in [3.8, 4) is 0 Å². The Labute approximate surface area is 176 Å². The van der Waals surface area contributed by atoms with Gasteiger partial charge in [-0.1, -0.05) is 0 Å². The maximum Gasteiger partial charge on any atom is 0.534 e. The highest BCUT2D eigenvalue weighted by Gasteiger charge is 2.48. The van der Waals surface area contributed by atoms with Gasteiger partial charge in [0.05, 0.1) is 0 Å². The van der Waals surface area contributed by atoms with E-state index < -0.39 is 73.7 Å². The lowest BCUT2D eigenvalue weighted by molar-refractivity contribution is -0.563. The highest BCUT2D eigenvalue weighted by Crippen LogP contribution is 2.25. The molecule has 0 spiro atoms. The Balaban J connectivity index is 2.54. The van der Waals surface area contributed by atoms with E-state index in [2.05, 4.69) is 8.37 Å². The van der Waals surface area contributed by atoms with Gasteiger partial charge in [0.25, 0.3) is 0 Å². The first-order chi connectivity index (χ1) is 12.7. The zero-order valence-electron chi connectivity index (χ0n) is 12.9. The van der Waals surface area contributed by atoms with Gasteiger partial charge in [-0.05, 0) is 24.3 Å². The Morgan fingerprint density at radius 2 is 0.964 bits per heavy atom. The molecule has 6 nitrogen and oxygen atoms in total. The molecule has 0 radical (unpaired) electrons. The van der Waals surface area contributed by atoms with Gasteiger partial charge in [-0.3, -0.25) is 0 Å². The third kappa shape index (κ3) is 7.93. The molecule has 16 heteroatoms. The minimum Gasteiger partial charge on any atom is -0.380 e. The van der Waals surface area contributed by atoms with Crippen molar-refractivity contribution in [1.82, 2.24) is 0 Å². The number of rotatable bonds is 8. The van der Waals surface area contributed by atoms with Gasteiger partial charge in [0.2, 0.25) is 0 Å². The lowest BCUT2D eigenvalue weighted by Gasteiger charge is -2.04. The molecule has 1 aromatic rings. The van der Waals surface area contributed by atoms with Crippen molar-refractivity contribution in [1.29, 1.82) is 0 Å². The summed E-state index contributed by atoms with van der Waals surface area (Å²) in [5, 5.41) is 0. The minimum atomic E-state index is -5.69. The summed E-state index contributed by atoms with van der Waals surface area (Å²) in [5.41, 5.74) is -11.0. The molecule has 0 amide bonds. The van der Waals surface area contributed by atoms with Gasteiger partial charge < -0.3 is 8.37 Å². The fraction of sp³-hybridized carbons (Fsp3) is 0.167. The van der Waals surface area contributed by atoms with Crippen LogP contribution in [0.5, 0.6) is 0 Å². The molecule has 0 bridgehead atoms. The van der Waals surface area contributed by atoms with Crippen LogP contribution in [0.25, 0.3) is 0 Å². The second-order valence-corrected chi connectivity index (χ2v) is 12.5. The molecule has 0 aliphatic carbocycles. The SMILES string of the molecule is O=S(=O)(O/C=C/[I+]c1ccc([I+]/C=C/OS(=O)(=O)C(F)(F)F)cc1)C(F)(F)F. The summed E-state index contributed by atoms with van der Waals surface area (Å²) in [7, 11) is -11.4. The van der Waals surface area contributed by atoms with Crippen LogP contribution < -0.4 is 42.4 Å². The van der Waals surface area contributed by atoms with Crippen molar-refractivity contribution in [3.05, 3.63) is 52.1 Å². The Morgan fingerprint density at radius 3 is 1.21 bits per heavy atom. The summed E-state index contributed by atoms with van der Waals surface area (Å²) in [6.07, 6.45) is 0.885. The van der Waals surface area contributed by atoms with E-state index in [4.69, 9.17) is 0 Å². The van der Waals surface area contributed by atoms with E-state index in [1.54, 1.807) is 24.3 Å². The number of benzene rings is 1. The van der Waals surface area contributed by atoms with Crippen LogP contribution in [0.1, 0.15) is 0 Å². The molecule has 0 aliphatic rings. The first-order valence-corrected chi connectivity index (χ1v) is 13.8. The van der Waals surface area contributed by atoms with Gasteiger partial charge in [-0.25, -0.2) is 0 Å². The van der Waals surface area contributed by atoms with Crippen molar-refractivity contribution < 1.29 is 94.0 Å². The molecule has 1 aromatic carbocycles. The molecule has 158 valence electrons. The monoisotopic (exact) mass is 680 g/mol. The van der Waals surface area contributed by atoms with Gasteiger partial charge >= 0.3 is 73.7 Å². The summed E-state index contributed by atoms with van der Waals surface area (Å²) in [6.45, 7) is 0. The second kappa shape index (κ2) is 9.83. The van der Waals surface area contributed by atoms with Crippen molar-refractivity contribution in [2.24, 2.45) is 0 Å². The minimum absolute atomic E-state index is 0.443. The molecule has 0 aliphatic heterocycles. The Hall–Kier alpha value is -0.760. The van der Waals surface area contributed by atoms with Crippen LogP contribution in [-0.4, -0.2) is 27.9 Å². The zero-order chi connectivity index (χ0) is 21.6. The second-order valence-electron chi connectivity index (χ2n) is 4.17. The van der Waals surface area contributed by atoms with Crippen LogP contribution >= 0.6 is 0 Å². The van der Waals surface area contributed by atoms with Gasteiger partial charge in [-0.2, -0.15) is 43.2 Å². The van der Waals surface area contributed by atoms with Gasteiger partial charge in [0, 0.05) is 0 Å². The molecule has 0 aromatic heterocycles. The van der Waals surface area contributed by atoms with Crippen LogP contribution in [0.4, 0.5) is 26.3 Å². The molecule has 28 heavy (non-hydrogen) atoms. The molecular formula is C12H8F6I2O6S2+2. The quantitative estimate of drug-likeness (QED) is 0.0951. The van der Waals surface area contributed by atoms with Crippen LogP contribution in [0.2, 0.25) is 0 Å². The Morgan fingerprint density at radius 1 is 0.679 bits per heavy atom. The van der Waals surface area contributed by atoms with Gasteiger partial charge in [-0.15, -0.1) is 0 Å². The standard InChI is InChI=1S/C12H8F6I2O6S2/c13-11(14,15)27(21,22)25-7-5-19-9-1-2-10(4-3-9)20-6-8-26-28(23,24)12(16,17)18/h1-8H/q+2/b7-5+,8-6+. The zero-order valence-corrected chi connectivity index (χ0v) is 18.9. The van der Waals surface area contributed by atoms with E-state index >= 15 is 0 Å². The molecule has 0 heterocycles. The smallest absolute Gasteiger partial charge is 0.380 e. The molecule has 0 unspecified atom stereocenters. The van der Waals surface area contributed by atoms with E-state index in [-0.39, 0.29) is 0 Å². The lowest BCUT2D eigenvalue weighted by Crippen LogP contribution is -3.59. The van der Waals surface area contributed by atoms with E-state index in [9.17, 15) is 43.2 Å². The summed E-state index contributed by atoms with van der Waals surface area (Å²) in [6, 6.07) is 6.36. The molecule has 0 fully saturated rings. The Bertz CT molecular complexity index is 844. The molecule has 0 saturated heterocycles. The van der Waals surface area contributed by atoms with Crippen LogP contribution in [-0.2, 0) is 28.6 Å². The van der Waals surface area contributed by atoms with Crippen LogP contribution in [0.3, 0.4) is 0 Å². The lowest BCUT2D eigenvalue weighted by atomic mass is 10.4. The first kappa shape index (κ1) is 25.3. The van der Waals surface area contributed by atoms with Gasteiger partial charge in [0.1, 0.15) is 0 Å². The van der Waals surface area contributed by atoms with Gasteiger partial charge in [0.15, 0.2) is 27.8 Å². The third-order valence-corrected chi connectivity index (χ3v) is 8.26. The maximum atomic E-state index is 12.0. The first-order valence-electron chi connectivity index (χ1n) is 6.32. The largest absolute Gasteiger partial charge is 0.534 e. The normalized spacial score (nSPS) is 13.9. The predicted molar refractivity (Wildman–Crippen MR) is 74.2 cm³/mol. The third-order valence-electron chi connectivity index (χ3n) is 2.22. The molecule has 0 saturated carbocycles. The molecule has 0 N–H and O–H groups in total. The average molecular weight is 680 g/mol. The van der Waals surface area contributed by atoms with E-state index in [0.717, 1.165) is 8.17 Å².